The molecule has 0 aliphatic carbocycles. The molecule has 1 aliphatic heterocycles. The van der Waals surface area contributed by atoms with E-state index in [1.807, 2.05) is 0 Å². The van der Waals surface area contributed by atoms with Crippen LogP contribution in [-0.2, 0) is 0 Å². The highest BCUT2D eigenvalue weighted by molar-refractivity contribution is 5.39. The maximum atomic E-state index is 6.85. The highest BCUT2D eigenvalue weighted by Crippen LogP contribution is 2.39. The number of aryl methyl sites for hydroxylation is 3. The number of nitrogens with two attached hydrogens (primary N) is 1. The molecule has 0 bridgehead atoms. The van der Waals surface area contributed by atoms with E-state index in [1.165, 1.54) is 48.2 Å². The van der Waals surface area contributed by atoms with Crippen LogP contribution in [0.5, 0.6) is 0 Å². The number of likely N-dealkylation sites (tertiary alicyclic amines) is 1. The maximum absolute atomic E-state index is 6.85. The summed E-state index contributed by atoms with van der Waals surface area (Å²) in [6.07, 6.45) is 4.88. The fourth-order valence-electron chi connectivity index (χ4n) is 4.10. The fourth-order valence-corrected chi connectivity index (χ4v) is 4.10. The monoisotopic (exact) mass is 288 g/mol. The molecule has 0 spiro atoms. The molecule has 118 valence electrons. The van der Waals surface area contributed by atoms with E-state index in [0.29, 0.717) is 0 Å². The summed E-state index contributed by atoms with van der Waals surface area (Å²) in [6.45, 7) is 13.6. The zero-order chi connectivity index (χ0) is 15.6. The van der Waals surface area contributed by atoms with Crippen molar-refractivity contribution in [3.05, 3.63) is 34.4 Å². The highest BCUT2D eigenvalue weighted by Gasteiger charge is 2.41. The van der Waals surface area contributed by atoms with Gasteiger partial charge in [0, 0.05) is 11.6 Å². The van der Waals surface area contributed by atoms with E-state index in [0.717, 1.165) is 12.8 Å². The summed E-state index contributed by atoms with van der Waals surface area (Å²) in [5.74, 6) is 0. The molecule has 1 saturated heterocycles. The predicted molar refractivity (Wildman–Crippen MR) is 91.7 cm³/mol. The summed E-state index contributed by atoms with van der Waals surface area (Å²) in [4.78, 5) is 2.66. The minimum atomic E-state index is 0.102. The van der Waals surface area contributed by atoms with Crippen molar-refractivity contribution in [3.8, 4) is 0 Å². The fraction of sp³-hybridized carbons (Fsp3) is 0.684. The molecule has 0 amide bonds. The zero-order valence-electron chi connectivity index (χ0n) is 14.5. The molecule has 1 heterocycles. The Morgan fingerprint density at radius 1 is 1.00 bits per heavy atom. The summed E-state index contributed by atoms with van der Waals surface area (Å²) in [5, 5.41) is 0. The molecule has 1 unspecified atom stereocenters. The van der Waals surface area contributed by atoms with Gasteiger partial charge in [-0.1, -0.05) is 26.0 Å². The number of hydrogen-bond donors (Lipinski definition) is 1. The Morgan fingerprint density at radius 3 is 2.05 bits per heavy atom. The van der Waals surface area contributed by atoms with Gasteiger partial charge < -0.3 is 5.73 Å². The first-order chi connectivity index (χ1) is 9.96. The van der Waals surface area contributed by atoms with Gasteiger partial charge in [-0.2, -0.15) is 0 Å². The van der Waals surface area contributed by atoms with Crippen LogP contribution >= 0.6 is 0 Å². The quantitative estimate of drug-likeness (QED) is 0.877. The first-order valence-electron chi connectivity index (χ1n) is 8.54. The van der Waals surface area contributed by atoms with Crippen LogP contribution in [0.3, 0.4) is 0 Å². The molecule has 0 radical (unpaired) electrons. The van der Waals surface area contributed by atoms with Gasteiger partial charge in [-0.15, -0.1) is 0 Å². The second-order valence-corrected chi connectivity index (χ2v) is 6.78. The predicted octanol–water partition coefficient (Wildman–Crippen LogP) is 4.27. The molecule has 2 N–H and O–H groups in total. The van der Waals surface area contributed by atoms with Gasteiger partial charge in [0.15, 0.2) is 0 Å². The summed E-state index contributed by atoms with van der Waals surface area (Å²) in [7, 11) is 0. The van der Waals surface area contributed by atoms with E-state index in [-0.39, 0.29) is 11.6 Å². The lowest BCUT2D eigenvalue weighted by Crippen LogP contribution is -2.54. The van der Waals surface area contributed by atoms with Gasteiger partial charge in [0.2, 0.25) is 0 Å². The van der Waals surface area contributed by atoms with E-state index in [4.69, 9.17) is 5.73 Å². The Kier molecular flexibility index (Phi) is 5.11. The zero-order valence-corrected chi connectivity index (χ0v) is 14.5. The van der Waals surface area contributed by atoms with Crippen molar-refractivity contribution in [2.75, 3.05) is 13.1 Å². The van der Waals surface area contributed by atoms with Crippen molar-refractivity contribution >= 4 is 0 Å². The van der Waals surface area contributed by atoms with Gasteiger partial charge in [0.05, 0.1) is 0 Å². The van der Waals surface area contributed by atoms with Crippen LogP contribution in [0.25, 0.3) is 0 Å². The lowest BCUT2D eigenvalue weighted by molar-refractivity contribution is 0.0764. The molecule has 2 rings (SSSR count). The van der Waals surface area contributed by atoms with E-state index < -0.39 is 0 Å². The standard InChI is InChI=1S/C19H32N2/c1-6-19(7-2,21-10-8-9-11-21)18(20)17-13-15(4)14(3)12-16(17)5/h12-13,18H,6-11,20H2,1-5H3. The number of rotatable bonds is 5. The smallest absolute Gasteiger partial charge is 0.0484 e. The molecule has 1 aliphatic rings. The number of nitrogens with zero attached hydrogens (tertiary/aromatic N) is 1. The van der Waals surface area contributed by atoms with E-state index in [2.05, 4.69) is 51.7 Å². The van der Waals surface area contributed by atoms with Crippen LogP contribution in [0.1, 0.15) is 67.8 Å². The molecule has 1 aromatic carbocycles. The van der Waals surface area contributed by atoms with Crippen molar-refractivity contribution in [1.29, 1.82) is 0 Å². The van der Waals surface area contributed by atoms with Crippen LogP contribution in [0, 0.1) is 20.8 Å². The average Bonchev–Trinajstić information content (AvgIpc) is 2.99. The van der Waals surface area contributed by atoms with Gasteiger partial charge in [0.1, 0.15) is 0 Å². The third-order valence-corrected chi connectivity index (χ3v) is 5.76. The van der Waals surface area contributed by atoms with E-state index in [1.54, 1.807) is 0 Å². The van der Waals surface area contributed by atoms with Crippen LogP contribution in [-0.4, -0.2) is 23.5 Å². The Bertz CT molecular complexity index is 483. The van der Waals surface area contributed by atoms with Crippen molar-refractivity contribution in [2.45, 2.75) is 71.9 Å². The summed E-state index contributed by atoms with van der Waals surface area (Å²) in [6, 6.07) is 4.72. The summed E-state index contributed by atoms with van der Waals surface area (Å²) in [5.41, 5.74) is 12.4. The molecule has 0 aromatic heterocycles. The van der Waals surface area contributed by atoms with Gasteiger partial charge in [-0.05, 0) is 81.8 Å². The van der Waals surface area contributed by atoms with Crippen molar-refractivity contribution in [1.82, 2.24) is 4.90 Å². The Hall–Kier alpha value is -0.860. The van der Waals surface area contributed by atoms with Gasteiger partial charge >= 0.3 is 0 Å². The first kappa shape index (κ1) is 16.5. The highest BCUT2D eigenvalue weighted by atomic mass is 15.2. The van der Waals surface area contributed by atoms with E-state index >= 15 is 0 Å². The average molecular weight is 288 g/mol. The van der Waals surface area contributed by atoms with Gasteiger partial charge in [0.25, 0.3) is 0 Å². The molecular formula is C19H32N2. The Labute approximate surface area is 130 Å². The van der Waals surface area contributed by atoms with Crippen molar-refractivity contribution in [2.24, 2.45) is 5.73 Å². The third kappa shape index (κ3) is 2.89. The second kappa shape index (κ2) is 6.50. The molecule has 2 heteroatoms. The Morgan fingerprint density at radius 2 is 1.52 bits per heavy atom. The molecule has 1 atom stereocenters. The van der Waals surface area contributed by atoms with Gasteiger partial charge in [-0.3, -0.25) is 4.90 Å². The topological polar surface area (TPSA) is 29.3 Å². The van der Waals surface area contributed by atoms with Crippen LogP contribution < -0.4 is 5.73 Å². The van der Waals surface area contributed by atoms with E-state index in [9.17, 15) is 0 Å². The lowest BCUT2D eigenvalue weighted by atomic mass is 9.78. The molecule has 2 nitrogen and oxygen atoms in total. The summed E-state index contributed by atoms with van der Waals surface area (Å²) < 4.78 is 0. The van der Waals surface area contributed by atoms with Crippen molar-refractivity contribution < 1.29 is 0 Å². The molecular weight excluding hydrogens is 256 g/mol. The van der Waals surface area contributed by atoms with Gasteiger partial charge in [-0.25, -0.2) is 0 Å². The molecule has 21 heavy (non-hydrogen) atoms. The summed E-state index contributed by atoms with van der Waals surface area (Å²) >= 11 is 0. The van der Waals surface area contributed by atoms with Crippen molar-refractivity contribution in [3.63, 3.8) is 0 Å². The van der Waals surface area contributed by atoms with Crippen LogP contribution in [0.15, 0.2) is 12.1 Å². The lowest BCUT2D eigenvalue weighted by Gasteiger charge is -2.46. The molecule has 1 fully saturated rings. The largest absolute Gasteiger partial charge is 0.322 e. The molecule has 1 aromatic rings. The normalized spacial score (nSPS) is 18.2. The second-order valence-electron chi connectivity index (χ2n) is 6.78. The minimum Gasteiger partial charge on any atom is -0.322 e. The van der Waals surface area contributed by atoms with Crippen LogP contribution in [0.4, 0.5) is 0 Å². The molecule has 0 saturated carbocycles. The van der Waals surface area contributed by atoms with Crippen LogP contribution in [0.2, 0.25) is 0 Å². The number of hydrogen-bond acceptors (Lipinski definition) is 2. The minimum absolute atomic E-state index is 0.102. The third-order valence-electron chi connectivity index (χ3n) is 5.76. The first-order valence-corrected chi connectivity index (χ1v) is 8.54. The maximum Gasteiger partial charge on any atom is 0.0484 e. The number of benzene rings is 1. The Balaban J connectivity index is 2.43. The SMILES string of the molecule is CCC(CC)(C(N)c1cc(C)c(C)cc1C)N1CCCC1.